The van der Waals surface area contributed by atoms with Gasteiger partial charge in [-0.2, -0.15) is 0 Å². The lowest BCUT2D eigenvalue weighted by Gasteiger charge is -2.33. The van der Waals surface area contributed by atoms with Crippen molar-refractivity contribution >= 4 is 18.5 Å². The third-order valence-corrected chi connectivity index (χ3v) is 4.76. The average Bonchev–Trinajstić information content (AvgIpc) is 2.74. The molecule has 158 valence electrons. The molecule has 0 bridgehead atoms. The highest BCUT2D eigenvalue weighted by Crippen LogP contribution is 2.27. The van der Waals surface area contributed by atoms with Crippen LogP contribution in [-0.2, 0) is 11.3 Å². The van der Waals surface area contributed by atoms with Crippen LogP contribution in [0.15, 0.2) is 48.5 Å². The van der Waals surface area contributed by atoms with Crippen molar-refractivity contribution in [2.24, 2.45) is 0 Å². The number of piperazine rings is 1. The zero-order chi connectivity index (χ0) is 19.8. The van der Waals surface area contributed by atoms with E-state index in [9.17, 15) is 4.79 Å². The molecule has 1 heterocycles. The number of carbonyl (C=O) groups is 1. The molecular weight excluding hydrogens is 392 g/mol. The summed E-state index contributed by atoms with van der Waals surface area (Å²) in [6, 6.07) is 15.8. The van der Waals surface area contributed by atoms with Gasteiger partial charge in [-0.15, -0.1) is 12.4 Å². The van der Waals surface area contributed by atoms with Crippen LogP contribution in [0.2, 0.25) is 0 Å². The van der Waals surface area contributed by atoms with E-state index in [1.165, 1.54) is 0 Å². The number of halogens is 1. The van der Waals surface area contributed by atoms with E-state index < -0.39 is 0 Å². The molecule has 1 N–H and O–H groups in total. The molecule has 0 radical (unpaired) electrons. The van der Waals surface area contributed by atoms with E-state index >= 15 is 0 Å². The summed E-state index contributed by atoms with van der Waals surface area (Å²) in [4.78, 5) is 14.1. The summed E-state index contributed by atoms with van der Waals surface area (Å²) in [6.07, 6.45) is 0.524. The fourth-order valence-electron chi connectivity index (χ4n) is 3.20. The minimum absolute atomic E-state index is 0. The fourth-order valence-corrected chi connectivity index (χ4v) is 3.20. The second kappa shape index (κ2) is 11.5. The van der Waals surface area contributed by atoms with Crippen molar-refractivity contribution < 1.29 is 19.0 Å². The van der Waals surface area contributed by atoms with Gasteiger partial charge in [0.05, 0.1) is 13.7 Å². The van der Waals surface area contributed by atoms with Crippen molar-refractivity contribution in [2.75, 3.05) is 33.4 Å². The molecule has 3 rings (SSSR count). The Balaban J connectivity index is 0.00000300. The van der Waals surface area contributed by atoms with Crippen molar-refractivity contribution in [2.45, 2.75) is 26.0 Å². The van der Waals surface area contributed by atoms with Crippen LogP contribution in [-0.4, -0.2) is 50.4 Å². The Morgan fingerprint density at radius 1 is 1.17 bits per heavy atom. The zero-order valence-electron chi connectivity index (χ0n) is 16.9. The third-order valence-electron chi connectivity index (χ3n) is 4.76. The van der Waals surface area contributed by atoms with E-state index in [4.69, 9.17) is 14.2 Å². The van der Waals surface area contributed by atoms with E-state index in [1.54, 1.807) is 12.0 Å². The van der Waals surface area contributed by atoms with Gasteiger partial charge in [-0.3, -0.25) is 0 Å². The maximum absolute atomic E-state index is 12.4. The third kappa shape index (κ3) is 6.84. The summed E-state index contributed by atoms with van der Waals surface area (Å²) < 4.78 is 16.7. The molecule has 7 heteroatoms. The van der Waals surface area contributed by atoms with Crippen molar-refractivity contribution in [1.82, 2.24) is 10.2 Å². The van der Waals surface area contributed by atoms with Gasteiger partial charge < -0.3 is 24.4 Å². The zero-order valence-corrected chi connectivity index (χ0v) is 17.7. The molecule has 1 amide bonds. The minimum Gasteiger partial charge on any atom is -0.493 e. The Hall–Kier alpha value is -2.44. The summed E-state index contributed by atoms with van der Waals surface area (Å²) in [7, 11) is 1.64. The maximum Gasteiger partial charge on any atom is 0.410 e. The Labute approximate surface area is 178 Å². The predicted molar refractivity (Wildman–Crippen MR) is 115 cm³/mol. The van der Waals surface area contributed by atoms with Crippen LogP contribution < -0.4 is 14.8 Å². The van der Waals surface area contributed by atoms with E-state index in [2.05, 4.69) is 5.32 Å². The standard InChI is InChI=1S/C22H28N2O4.ClH/c1-17-8-9-20(21(14-17)26-2)27-13-10-19-15-24(12-11-23-19)22(25)28-16-18-6-4-3-5-7-18;/h3-9,14,19,23H,10-13,15-16H2,1-2H3;1H/t19-;/m1./s1. The summed E-state index contributed by atoms with van der Waals surface area (Å²) in [5, 5.41) is 3.44. The summed E-state index contributed by atoms with van der Waals surface area (Å²) in [6.45, 7) is 4.87. The number of rotatable bonds is 7. The minimum atomic E-state index is -0.267. The van der Waals surface area contributed by atoms with Gasteiger partial charge in [0.25, 0.3) is 0 Å². The number of ether oxygens (including phenoxy) is 3. The molecule has 0 saturated carbocycles. The van der Waals surface area contributed by atoms with Crippen LogP contribution in [0.1, 0.15) is 17.5 Å². The molecule has 0 spiro atoms. The highest BCUT2D eigenvalue weighted by molar-refractivity contribution is 5.85. The SMILES string of the molecule is COc1cc(C)ccc1OCC[C@@H]1CN(C(=O)OCc2ccccc2)CCN1.Cl. The lowest BCUT2D eigenvalue weighted by molar-refractivity contribution is 0.0827. The lowest BCUT2D eigenvalue weighted by Crippen LogP contribution is -2.53. The Morgan fingerprint density at radius 2 is 1.97 bits per heavy atom. The highest BCUT2D eigenvalue weighted by atomic mass is 35.5. The first kappa shape index (κ1) is 22.8. The number of hydrogen-bond donors (Lipinski definition) is 1. The molecule has 2 aromatic carbocycles. The highest BCUT2D eigenvalue weighted by Gasteiger charge is 2.24. The van der Waals surface area contributed by atoms with E-state index in [-0.39, 0.29) is 24.5 Å². The Bertz CT molecular complexity index is 773. The maximum atomic E-state index is 12.4. The number of hydrogen-bond acceptors (Lipinski definition) is 5. The molecule has 0 aliphatic carbocycles. The second-order valence-corrected chi connectivity index (χ2v) is 6.93. The number of amides is 1. The van der Waals surface area contributed by atoms with Gasteiger partial charge >= 0.3 is 6.09 Å². The number of aryl methyl sites for hydroxylation is 1. The fraction of sp³-hybridized carbons (Fsp3) is 0.409. The molecule has 6 nitrogen and oxygen atoms in total. The van der Waals surface area contributed by atoms with E-state index in [1.807, 2.05) is 55.5 Å². The van der Waals surface area contributed by atoms with Crippen molar-refractivity contribution in [1.29, 1.82) is 0 Å². The van der Waals surface area contributed by atoms with Crippen molar-refractivity contribution in [3.8, 4) is 11.5 Å². The molecule has 1 aliphatic rings. The number of methoxy groups -OCH3 is 1. The van der Waals surface area contributed by atoms with Gasteiger partial charge in [-0.25, -0.2) is 4.79 Å². The van der Waals surface area contributed by atoms with Gasteiger partial charge in [0.1, 0.15) is 6.61 Å². The van der Waals surface area contributed by atoms with Crippen LogP contribution in [0.4, 0.5) is 4.79 Å². The van der Waals surface area contributed by atoms with Gasteiger partial charge in [0.2, 0.25) is 0 Å². The normalized spacial score (nSPS) is 15.9. The number of carbonyl (C=O) groups excluding carboxylic acids is 1. The Morgan fingerprint density at radius 3 is 2.72 bits per heavy atom. The van der Waals surface area contributed by atoms with Crippen molar-refractivity contribution in [3.05, 3.63) is 59.7 Å². The molecular formula is C22H29ClN2O4. The van der Waals surface area contributed by atoms with Crippen LogP contribution in [0.3, 0.4) is 0 Å². The smallest absolute Gasteiger partial charge is 0.410 e. The van der Waals surface area contributed by atoms with Crippen LogP contribution in [0.5, 0.6) is 11.5 Å². The lowest BCUT2D eigenvalue weighted by atomic mass is 10.1. The second-order valence-electron chi connectivity index (χ2n) is 6.93. The first-order chi connectivity index (χ1) is 13.7. The first-order valence-corrected chi connectivity index (χ1v) is 9.62. The molecule has 1 fully saturated rings. The van der Waals surface area contributed by atoms with Crippen LogP contribution >= 0.6 is 12.4 Å². The molecule has 1 atom stereocenters. The van der Waals surface area contributed by atoms with E-state index in [0.29, 0.717) is 26.3 Å². The molecule has 1 aliphatic heterocycles. The molecule has 1 saturated heterocycles. The quantitative estimate of drug-likeness (QED) is 0.738. The first-order valence-electron chi connectivity index (χ1n) is 9.62. The van der Waals surface area contributed by atoms with Crippen molar-refractivity contribution in [3.63, 3.8) is 0 Å². The average molecular weight is 421 g/mol. The molecule has 2 aromatic rings. The largest absolute Gasteiger partial charge is 0.493 e. The number of benzene rings is 2. The predicted octanol–water partition coefficient (Wildman–Crippen LogP) is 3.80. The molecule has 29 heavy (non-hydrogen) atoms. The summed E-state index contributed by atoms with van der Waals surface area (Å²) in [5.74, 6) is 1.48. The topological polar surface area (TPSA) is 60.0 Å². The molecule has 0 aromatic heterocycles. The van der Waals surface area contributed by atoms with Gasteiger partial charge in [-0.1, -0.05) is 36.4 Å². The van der Waals surface area contributed by atoms with Crippen LogP contribution in [0.25, 0.3) is 0 Å². The van der Waals surface area contributed by atoms with E-state index in [0.717, 1.165) is 35.6 Å². The molecule has 0 unspecified atom stereocenters. The monoisotopic (exact) mass is 420 g/mol. The van der Waals surface area contributed by atoms with Gasteiger partial charge in [0.15, 0.2) is 11.5 Å². The number of nitrogens with one attached hydrogen (secondary N) is 1. The summed E-state index contributed by atoms with van der Waals surface area (Å²) in [5.41, 5.74) is 2.12. The number of nitrogens with zero attached hydrogens (tertiary/aromatic N) is 1. The summed E-state index contributed by atoms with van der Waals surface area (Å²) >= 11 is 0. The Kier molecular flexibility index (Phi) is 9.09. The van der Waals surface area contributed by atoms with Gasteiger partial charge in [0, 0.05) is 25.7 Å². The van der Waals surface area contributed by atoms with Gasteiger partial charge in [-0.05, 0) is 36.6 Å². The van der Waals surface area contributed by atoms with Crippen LogP contribution in [0, 0.1) is 6.92 Å².